The molecule has 1 aliphatic rings. The fraction of sp³-hybridized carbons (Fsp3) is 0.452. The van der Waals surface area contributed by atoms with Crippen molar-refractivity contribution in [2.24, 2.45) is 5.73 Å². The molecular weight excluding hydrogens is 667 g/mol. The van der Waals surface area contributed by atoms with E-state index in [9.17, 15) is 9.59 Å². The Bertz CT molecular complexity index is 1860. The number of carbonyl (C=O) groups excluding carboxylic acids is 2. The van der Waals surface area contributed by atoms with Gasteiger partial charge in [0, 0.05) is 61.7 Å². The maximum Gasteiger partial charge on any atom is 0.253 e. The second kappa shape index (κ2) is 17.1. The molecule has 1 aromatic heterocycles. The second-order valence-corrected chi connectivity index (χ2v) is 20.4. The molecule has 3 N–H and O–H groups in total. The highest BCUT2D eigenvalue weighted by molar-refractivity contribution is 6.74. The van der Waals surface area contributed by atoms with Crippen LogP contribution in [0.25, 0.3) is 10.9 Å². The molecule has 10 heteroatoms. The molecule has 3 aromatic carbocycles. The van der Waals surface area contributed by atoms with E-state index in [1.54, 1.807) is 7.11 Å². The maximum absolute atomic E-state index is 13.6. The average Bonchev–Trinajstić information content (AvgIpc) is 3.11. The van der Waals surface area contributed by atoms with Crippen LogP contribution in [-0.4, -0.2) is 81.4 Å². The van der Waals surface area contributed by atoms with Gasteiger partial charge >= 0.3 is 0 Å². The van der Waals surface area contributed by atoms with Crippen LogP contribution in [0, 0.1) is 6.92 Å². The summed E-state index contributed by atoms with van der Waals surface area (Å²) in [5.41, 5.74) is 12.0. The van der Waals surface area contributed by atoms with Crippen LogP contribution < -0.4 is 15.8 Å². The topological polar surface area (TPSA) is 110 Å². The summed E-state index contributed by atoms with van der Waals surface area (Å²) in [4.78, 5) is 35.2. The van der Waals surface area contributed by atoms with Crippen LogP contribution in [0.3, 0.4) is 0 Å². The first kappa shape index (κ1) is 39.0. The van der Waals surface area contributed by atoms with E-state index in [1.807, 2.05) is 54.3 Å². The van der Waals surface area contributed by atoms with Crippen molar-refractivity contribution in [2.75, 3.05) is 51.8 Å². The van der Waals surface area contributed by atoms with Crippen molar-refractivity contribution in [2.45, 2.75) is 77.9 Å². The Balaban J connectivity index is 1.18. The maximum atomic E-state index is 13.6. The molecule has 9 nitrogen and oxygen atoms in total. The zero-order valence-electron chi connectivity index (χ0n) is 32.2. The third-order valence-corrected chi connectivity index (χ3v) is 15.2. The first-order valence-electron chi connectivity index (χ1n) is 18.6. The minimum absolute atomic E-state index is 0.0815. The number of primary amides is 1. The lowest BCUT2D eigenvalue weighted by Gasteiger charge is -2.36. The number of nitrogens with one attached hydrogen (secondary N) is 1. The van der Waals surface area contributed by atoms with Crippen LogP contribution >= 0.6 is 0 Å². The van der Waals surface area contributed by atoms with Crippen LogP contribution in [0.15, 0.2) is 66.9 Å². The van der Waals surface area contributed by atoms with Crippen LogP contribution in [0.5, 0.6) is 5.75 Å². The Morgan fingerprint density at radius 2 is 1.65 bits per heavy atom. The van der Waals surface area contributed by atoms with E-state index >= 15 is 0 Å². The van der Waals surface area contributed by atoms with Crippen molar-refractivity contribution >= 4 is 42.4 Å². The molecule has 1 fully saturated rings. The molecule has 0 aliphatic carbocycles. The van der Waals surface area contributed by atoms with Gasteiger partial charge in [0.25, 0.3) is 11.8 Å². The Hall–Kier alpha value is -4.25. The fourth-order valence-corrected chi connectivity index (χ4v) is 7.65. The number of amides is 2. The third kappa shape index (κ3) is 9.79. The van der Waals surface area contributed by atoms with Crippen LogP contribution in [-0.2, 0) is 10.8 Å². The number of fused-ring (bicyclic) bond motifs is 1. The van der Waals surface area contributed by atoms with E-state index < -0.39 is 14.2 Å². The second-order valence-electron chi connectivity index (χ2n) is 15.6. The van der Waals surface area contributed by atoms with E-state index in [0.717, 1.165) is 79.0 Å². The quantitative estimate of drug-likeness (QED) is 0.0938. The van der Waals surface area contributed by atoms with Gasteiger partial charge in [-0.25, -0.2) is 0 Å². The largest absolute Gasteiger partial charge is 0.497 e. The zero-order valence-corrected chi connectivity index (χ0v) is 33.2. The van der Waals surface area contributed by atoms with Gasteiger partial charge in [-0.1, -0.05) is 57.9 Å². The molecule has 0 unspecified atom stereocenters. The van der Waals surface area contributed by atoms with Crippen molar-refractivity contribution in [3.8, 4) is 5.75 Å². The van der Waals surface area contributed by atoms with Gasteiger partial charge in [-0.3, -0.25) is 19.5 Å². The van der Waals surface area contributed by atoms with E-state index in [4.69, 9.17) is 14.9 Å². The molecule has 1 saturated heterocycles. The highest BCUT2D eigenvalue weighted by atomic mass is 28.4. The average molecular weight is 724 g/mol. The molecule has 278 valence electrons. The molecule has 0 atom stereocenters. The number of carbonyl (C=O) groups is 2. The number of nitrogens with zero attached hydrogens (tertiary/aromatic N) is 3. The Morgan fingerprint density at radius 3 is 2.37 bits per heavy atom. The minimum Gasteiger partial charge on any atom is -0.497 e. The van der Waals surface area contributed by atoms with Gasteiger partial charge in [0.1, 0.15) is 5.75 Å². The summed E-state index contributed by atoms with van der Waals surface area (Å²) < 4.78 is 11.7. The summed E-state index contributed by atoms with van der Waals surface area (Å²) in [6, 6.07) is 19.6. The Morgan fingerprint density at radius 1 is 0.923 bits per heavy atom. The summed E-state index contributed by atoms with van der Waals surface area (Å²) in [5, 5.41) is 4.47. The number of rotatable bonds is 15. The van der Waals surface area contributed by atoms with Crippen molar-refractivity contribution in [1.82, 2.24) is 14.8 Å². The summed E-state index contributed by atoms with van der Waals surface area (Å²) >= 11 is 0. The van der Waals surface area contributed by atoms with Gasteiger partial charge in [0.05, 0.1) is 23.9 Å². The normalized spacial score (nSPS) is 14.1. The Labute approximate surface area is 311 Å². The van der Waals surface area contributed by atoms with Crippen molar-refractivity contribution in [3.63, 3.8) is 0 Å². The van der Waals surface area contributed by atoms with Gasteiger partial charge < -0.3 is 25.1 Å². The molecule has 1 aliphatic heterocycles. The number of methoxy groups -OCH3 is 1. The number of anilines is 2. The number of hydrogen-bond donors (Lipinski definition) is 2. The summed E-state index contributed by atoms with van der Waals surface area (Å²) in [6.07, 6.45) is 6.88. The molecule has 0 spiro atoms. The van der Waals surface area contributed by atoms with Crippen LogP contribution in [0.2, 0.25) is 18.1 Å². The zero-order chi connectivity index (χ0) is 37.5. The van der Waals surface area contributed by atoms with Crippen LogP contribution in [0.4, 0.5) is 11.4 Å². The molecule has 5 rings (SSSR count). The molecule has 52 heavy (non-hydrogen) atoms. The van der Waals surface area contributed by atoms with Crippen molar-refractivity contribution in [1.29, 1.82) is 0 Å². The number of aromatic nitrogens is 1. The van der Waals surface area contributed by atoms with Gasteiger partial charge in [0.2, 0.25) is 0 Å². The SMILES string of the molecule is COc1cccc(Nc2c(C(N)=O)cnc3c(C)cc(Cc4cccc(C(=O)N5CCN(CCCCCCO[Si](C)(C)C(C)(C)C)CC5)c4)cc23)c1. The summed E-state index contributed by atoms with van der Waals surface area (Å²) in [6.45, 7) is 18.8. The van der Waals surface area contributed by atoms with Gasteiger partial charge in [-0.2, -0.15) is 0 Å². The predicted octanol–water partition coefficient (Wildman–Crippen LogP) is 8.33. The van der Waals surface area contributed by atoms with E-state index in [1.165, 1.54) is 25.5 Å². The first-order chi connectivity index (χ1) is 24.8. The molecular formula is C42H57N5O4Si. The predicted molar refractivity (Wildman–Crippen MR) is 214 cm³/mol. The molecule has 0 bridgehead atoms. The number of benzene rings is 3. The summed E-state index contributed by atoms with van der Waals surface area (Å²) in [5.74, 6) is 0.216. The highest BCUT2D eigenvalue weighted by Crippen LogP contribution is 2.37. The van der Waals surface area contributed by atoms with E-state index in [2.05, 4.69) is 67.3 Å². The lowest BCUT2D eigenvalue weighted by Crippen LogP contribution is -2.48. The number of aryl methyl sites for hydroxylation is 1. The minimum atomic E-state index is -1.65. The Kier molecular flexibility index (Phi) is 12.8. The monoisotopic (exact) mass is 723 g/mol. The van der Waals surface area contributed by atoms with Gasteiger partial charge in [-0.05, 0) is 97.9 Å². The number of ether oxygens (including phenoxy) is 1. The fourth-order valence-electron chi connectivity index (χ4n) is 6.57. The van der Waals surface area contributed by atoms with E-state index in [0.29, 0.717) is 29.0 Å². The standard InChI is InChI=1S/C42H57N5O4Si/c1-30-24-32(27-36-38(30)44-29-37(40(43)48)39(36)45-34-16-13-17-35(28-34)50-5)25-31-14-12-15-33(26-31)41(49)47-21-19-46(20-22-47)18-10-8-9-11-23-51-52(6,7)42(2,3)4/h12-17,24,26-29H,8-11,18-23,25H2,1-7H3,(H2,43,48)(H,44,45). The van der Waals surface area contributed by atoms with Gasteiger partial charge in [-0.15, -0.1) is 0 Å². The van der Waals surface area contributed by atoms with Crippen LogP contribution in [0.1, 0.15) is 83.9 Å². The summed E-state index contributed by atoms with van der Waals surface area (Å²) in [7, 11) is -0.0376. The molecule has 4 aromatic rings. The van der Waals surface area contributed by atoms with E-state index in [-0.39, 0.29) is 10.9 Å². The lowest BCUT2D eigenvalue weighted by molar-refractivity contribution is 0.0635. The van der Waals surface area contributed by atoms with Gasteiger partial charge in [0.15, 0.2) is 8.32 Å². The third-order valence-electron chi connectivity index (χ3n) is 10.7. The first-order valence-corrected chi connectivity index (χ1v) is 21.5. The molecule has 0 radical (unpaired) electrons. The van der Waals surface area contributed by atoms with Crippen molar-refractivity contribution < 1.29 is 18.8 Å². The lowest BCUT2D eigenvalue weighted by atomic mass is 9.97. The molecule has 2 heterocycles. The number of pyridine rings is 1. The number of nitrogens with two attached hydrogens (primary N) is 1. The van der Waals surface area contributed by atoms with Crippen molar-refractivity contribution in [3.05, 3.63) is 94.7 Å². The highest BCUT2D eigenvalue weighted by Gasteiger charge is 2.36. The molecule has 0 saturated carbocycles. The smallest absolute Gasteiger partial charge is 0.253 e. The number of piperazine rings is 1. The number of unbranched alkanes of at least 4 members (excludes halogenated alkanes) is 3. The molecule has 2 amide bonds. The number of hydrogen-bond acceptors (Lipinski definition) is 7.